The average Bonchev–Trinajstić information content (AvgIpc) is 3.30. The van der Waals surface area contributed by atoms with E-state index in [9.17, 15) is 5.11 Å². The van der Waals surface area contributed by atoms with Crippen molar-refractivity contribution >= 4 is 11.8 Å². The summed E-state index contributed by atoms with van der Waals surface area (Å²) in [6.07, 6.45) is 6.07. The molecule has 2 N–H and O–H groups in total. The number of rotatable bonds is 5. The molecule has 0 bridgehead atoms. The second kappa shape index (κ2) is 5.79. The minimum atomic E-state index is 0.0479. The number of piperidine rings is 1. The smallest absolute Gasteiger partial charge is 0.227 e. The molecule has 1 aromatic rings. The van der Waals surface area contributed by atoms with Crippen molar-refractivity contribution in [2.24, 2.45) is 11.3 Å². The summed E-state index contributed by atoms with van der Waals surface area (Å²) >= 11 is 0. The molecule has 116 valence electrons. The van der Waals surface area contributed by atoms with Crippen molar-refractivity contribution in [2.45, 2.75) is 39.0 Å². The lowest BCUT2D eigenvalue weighted by Crippen LogP contribution is -2.46. The van der Waals surface area contributed by atoms with Gasteiger partial charge in [0.05, 0.1) is 6.61 Å². The van der Waals surface area contributed by atoms with Crippen molar-refractivity contribution in [1.29, 1.82) is 0 Å². The first-order valence-corrected chi connectivity index (χ1v) is 8.03. The zero-order valence-corrected chi connectivity index (χ0v) is 13.1. The van der Waals surface area contributed by atoms with Gasteiger partial charge in [0.2, 0.25) is 5.95 Å². The van der Waals surface area contributed by atoms with Crippen LogP contribution in [0.25, 0.3) is 0 Å². The van der Waals surface area contributed by atoms with Crippen LogP contribution in [0.5, 0.6) is 0 Å². The highest BCUT2D eigenvalue weighted by Crippen LogP contribution is 2.44. The van der Waals surface area contributed by atoms with Gasteiger partial charge in [-0.2, -0.15) is 4.98 Å². The molecule has 2 fully saturated rings. The highest BCUT2D eigenvalue weighted by atomic mass is 16.3. The SMILES string of the molecule is CNc1cc(C)nc(N2CCCC(CO)(CC3CC3)C2)n1. The van der Waals surface area contributed by atoms with Crippen LogP contribution in [0.1, 0.15) is 37.8 Å². The van der Waals surface area contributed by atoms with Gasteiger partial charge in [-0.15, -0.1) is 0 Å². The predicted octanol–water partition coefficient (Wildman–Crippen LogP) is 2.21. The van der Waals surface area contributed by atoms with Gasteiger partial charge < -0.3 is 15.3 Å². The molecule has 0 aromatic carbocycles. The van der Waals surface area contributed by atoms with Crippen LogP contribution in [-0.4, -0.2) is 41.8 Å². The van der Waals surface area contributed by atoms with Gasteiger partial charge in [-0.1, -0.05) is 12.8 Å². The van der Waals surface area contributed by atoms with Crippen molar-refractivity contribution < 1.29 is 5.11 Å². The summed E-state index contributed by atoms with van der Waals surface area (Å²) in [5, 5.41) is 13.1. The molecular weight excluding hydrogens is 264 g/mol. The molecule has 3 rings (SSSR count). The van der Waals surface area contributed by atoms with Gasteiger partial charge in [0, 0.05) is 37.3 Å². The summed E-state index contributed by atoms with van der Waals surface area (Å²) in [5.74, 6) is 2.50. The Morgan fingerprint density at radius 1 is 1.43 bits per heavy atom. The lowest BCUT2D eigenvalue weighted by Gasteiger charge is -2.42. The minimum Gasteiger partial charge on any atom is -0.396 e. The number of nitrogens with one attached hydrogen (secondary N) is 1. The van der Waals surface area contributed by atoms with Crippen LogP contribution < -0.4 is 10.2 Å². The number of aliphatic hydroxyl groups excluding tert-OH is 1. The number of nitrogens with zero attached hydrogens (tertiary/aromatic N) is 3. The lowest BCUT2D eigenvalue weighted by molar-refractivity contribution is 0.0899. The van der Waals surface area contributed by atoms with E-state index >= 15 is 0 Å². The maximum atomic E-state index is 9.96. The van der Waals surface area contributed by atoms with Gasteiger partial charge in [-0.25, -0.2) is 4.98 Å². The van der Waals surface area contributed by atoms with E-state index in [4.69, 9.17) is 0 Å². The molecule has 1 aromatic heterocycles. The van der Waals surface area contributed by atoms with E-state index in [1.807, 2.05) is 20.0 Å². The van der Waals surface area contributed by atoms with E-state index in [2.05, 4.69) is 20.2 Å². The van der Waals surface area contributed by atoms with Crippen LogP contribution in [0.2, 0.25) is 0 Å². The Labute approximate surface area is 126 Å². The van der Waals surface area contributed by atoms with Crippen molar-refractivity contribution in [3.63, 3.8) is 0 Å². The number of aryl methyl sites for hydroxylation is 1. The Bertz CT molecular complexity index is 503. The largest absolute Gasteiger partial charge is 0.396 e. The minimum absolute atomic E-state index is 0.0479. The molecule has 2 heterocycles. The zero-order valence-electron chi connectivity index (χ0n) is 13.1. The van der Waals surface area contributed by atoms with Crippen LogP contribution in [0.4, 0.5) is 11.8 Å². The van der Waals surface area contributed by atoms with Gasteiger partial charge >= 0.3 is 0 Å². The highest BCUT2D eigenvalue weighted by molar-refractivity contribution is 5.43. The summed E-state index contributed by atoms with van der Waals surface area (Å²) in [6, 6.07) is 1.96. The number of anilines is 2. The van der Waals surface area contributed by atoms with Crippen molar-refractivity contribution in [1.82, 2.24) is 9.97 Å². The molecule has 21 heavy (non-hydrogen) atoms. The van der Waals surface area contributed by atoms with Crippen LogP contribution in [-0.2, 0) is 0 Å². The quantitative estimate of drug-likeness (QED) is 0.870. The van der Waals surface area contributed by atoms with Gasteiger partial charge in [0.1, 0.15) is 5.82 Å². The molecule has 1 unspecified atom stereocenters. The number of aromatic nitrogens is 2. The van der Waals surface area contributed by atoms with E-state index in [0.717, 1.165) is 55.7 Å². The highest BCUT2D eigenvalue weighted by Gasteiger charge is 2.40. The molecule has 0 spiro atoms. The second-order valence-electron chi connectivity index (χ2n) is 6.78. The molecule has 1 atom stereocenters. The molecule has 5 nitrogen and oxygen atoms in total. The van der Waals surface area contributed by atoms with Gasteiger partial charge in [-0.05, 0) is 32.1 Å². The first-order chi connectivity index (χ1) is 10.1. The van der Waals surface area contributed by atoms with Gasteiger partial charge in [-0.3, -0.25) is 0 Å². The van der Waals surface area contributed by atoms with Crippen LogP contribution in [0, 0.1) is 18.3 Å². The van der Waals surface area contributed by atoms with Gasteiger partial charge in [0.25, 0.3) is 0 Å². The van der Waals surface area contributed by atoms with Gasteiger partial charge in [0.15, 0.2) is 0 Å². The molecule has 0 amide bonds. The van der Waals surface area contributed by atoms with Crippen LogP contribution >= 0.6 is 0 Å². The van der Waals surface area contributed by atoms with Crippen molar-refractivity contribution in [3.8, 4) is 0 Å². The Morgan fingerprint density at radius 2 is 2.24 bits per heavy atom. The summed E-state index contributed by atoms with van der Waals surface area (Å²) in [7, 11) is 1.88. The van der Waals surface area contributed by atoms with Crippen molar-refractivity contribution in [2.75, 3.05) is 37.0 Å². The fourth-order valence-electron chi connectivity index (χ4n) is 3.50. The van der Waals surface area contributed by atoms with Crippen molar-refractivity contribution in [3.05, 3.63) is 11.8 Å². The Kier molecular flexibility index (Phi) is 4.02. The number of hydrogen-bond donors (Lipinski definition) is 2. The second-order valence-corrected chi connectivity index (χ2v) is 6.78. The fraction of sp³-hybridized carbons (Fsp3) is 0.750. The van der Waals surface area contributed by atoms with E-state index in [1.54, 1.807) is 0 Å². The van der Waals surface area contributed by atoms with E-state index < -0.39 is 0 Å². The zero-order chi connectivity index (χ0) is 14.9. The molecule has 1 aliphatic heterocycles. The molecule has 1 saturated carbocycles. The third kappa shape index (κ3) is 3.28. The first kappa shape index (κ1) is 14.6. The maximum absolute atomic E-state index is 9.96. The summed E-state index contributed by atoms with van der Waals surface area (Å²) in [6.45, 7) is 4.15. The number of aliphatic hydroxyl groups is 1. The Balaban J connectivity index is 1.79. The topological polar surface area (TPSA) is 61.3 Å². The Morgan fingerprint density at radius 3 is 2.90 bits per heavy atom. The molecule has 0 radical (unpaired) electrons. The normalized spacial score (nSPS) is 26.0. The summed E-state index contributed by atoms with van der Waals surface area (Å²) in [4.78, 5) is 11.4. The first-order valence-electron chi connectivity index (χ1n) is 8.03. The summed E-state index contributed by atoms with van der Waals surface area (Å²) < 4.78 is 0. The van der Waals surface area contributed by atoms with Crippen LogP contribution in [0.3, 0.4) is 0 Å². The third-order valence-electron chi connectivity index (χ3n) is 4.80. The average molecular weight is 290 g/mol. The van der Waals surface area contributed by atoms with Crippen LogP contribution in [0.15, 0.2) is 6.07 Å². The third-order valence-corrected chi connectivity index (χ3v) is 4.80. The van der Waals surface area contributed by atoms with E-state index in [1.165, 1.54) is 12.8 Å². The molecule has 1 saturated heterocycles. The monoisotopic (exact) mass is 290 g/mol. The Hall–Kier alpha value is -1.36. The number of hydrogen-bond acceptors (Lipinski definition) is 5. The van der Waals surface area contributed by atoms with E-state index in [-0.39, 0.29) is 12.0 Å². The summed E-state index contributed by atoms with van der Waals surface area (Å²) in [5.41, 5.74) is 1.03. The standard InChI is InChI=1S/C16H26N4O/c1-12-8-14(17-2)19-15(18-12)20-7-3-6-16(10-20,11-21)9-13-4-5-13/h8,13,21H,3-7,9-11H2,1-2H3,(H,17,18,19). The molecular formula is C16H26N4O. The maximum Gasteiger partial charge on any atom is 0.227 e. The van der Waals surface area contributed by atoms with E-state index in [0.29, 0.717) is 0 Å². The molecule has 1 aliphatic carbocycles. The fourth-order valence-corrected chi connectivity index (χ4v) is 3.50. The lowest BCUT2D eigenvalue weighted by atomic mass is 9.76. The molecule has 2 aliphatic rings. The molecule has 5 heteroatoms. The predicted molar refractivity (Wildman–Crippen MR) is 84.6 cm³/mol.